The number of amides is 1. The first-order chi connectivity index (χ1) is 7.60. The van der Waals surface area contributed by atoms with Crippen LogP contribution in [0.15, 0.2) is 0 Å². The maximum atomic E-state index is 11.5. The monoisotopic (exact) mass is 228 g/mol. The van der Waals surface area contributed by atoms with Gasteiger partial charge in [0, 0.05) is 25.6 Å². The topological polar surface area (TPSA) is 70.6 Å². The summed E-state index contributed by atoms with van der Waals surface area (Å²) in [5, 5.41) is 16.0. The van der Waals surface area contributed by atoms with E-state index in [-0.39, 0.29) is 18.6 Å². The summed E-state index contributed by atoms with van der Waals surface area (Å²) in [4.78, 5) is 11.5. The number of hydrogen-bond donors (Lipinski definition) is 3. The molecular weight excluding hydrogens is 208 g/mol. The van der Waals surface area contributed by atoms with Gasteiger partial charge in [-0.05, 0) is 19.8 Å². The Labute approximate surface area is 95.5 Å². The molecule has 0 spiro atoms. The zero-order valence-electron chi connectivity index (χ0n) is 9.66. The summed E-state index contributed by atoms with van der Waals surface area (Å²) >= 11 is 0. The third-order valence-corrected chi connectivity index (χ3v) is 3.38. The van der Waals surface area contributed by atoms with Gasteiger partial charge in [-0.2, -0.15) is 0 Å². The number of carbonyl (C=O) groups excluding carboxylic acids is 1. The fraction of sp³-hybridized carbons (Fsp3) is 0.909. The molecule has 2 rings (SSSR count). The first-order valence-electron chi connectivity index (χ1n) is 5.94. The average Bonchev–Trinajstić information content (AvgIpc) is 3.02. The normalized spacial score (nSPS) is 34.0. The Kier molecular flexibility index (Phi) is 3.47. The summed E-state index contributed by atoms with van der Waals surface area (Å²) < 4.78 is 5.29. The van der Waals surface area contributed by atoms with Crippen molar-refractivity contribution in [3.8, 4) is 0 Å². The molecule has 1 amide bonds. The van der Waals surface area contributed by atoms with Crippen LogP contribution in [0.3, 0.4) is 0 Å². The summed E-state index contributed by atoms with van der Waals surface area (Å²) in [6.45, 7) is 3.02. The van der Waals surface area contributed by atoms with Crippen LogP contribution in [0.1, 0.15) is 26.2 Å². The lowest BCUT2D eigenvalue weighted by atomic mass is 9.97. The predicted octanol–water partition coefficient (Wildman–Crippen LogP) is -0.605. The summed E-state index contributed by atoms with van der Waals surface area (Å²) in [6.07, 6.45) is 2.72. The summed E-state index contributed by atoms with van der Waals surface area (Å²) in [7, 11) is 0. The van der Waals surface area contributed by atoms with Gasteiger partial charge in [0.15, 0.2) is 0 Å². The van der Waals surface area contributed by atoms with Crippen molar-refractivity contribution < 1.29 is 14.6 Å². The Hall–Kier alpha value is -0.650. The van der Waals surface area contributed by atoms with E-state index >= 15 is 0 Å². The molecule has 5 nitrogen and oxygen atoms in total. The van der Waals surface area contributed by atoms with Gasteiger partial charge in [-0.1, -0.05) is 0 Å². The van der Waals surface area contributed by atoms with E-state index < -0.39 is 5.60 Å². The number of nitrogens with one attached hydrogen (secondary N) is 2. The molecule has 92 valence electrons. The number of aliphatic hydroxyl groups is 1. The highest BCUT2D eigenvalue weighted by Gasteiger charge is 2.39. The highest BCUT2D eigenvalue weighted by molar-refractivity contribution is 5.78. The second-order valence-corrected chi connectivity index (χ2v) is 4.80. The molecule has 2 atom stereocenters. The Morgan fingerprint density at radius 1 is 1.56 bits per heavy atom. The maximum Gasteiger partial charge on any atom is 0.234 e. The van der Waals surface area contributed by atoms with Gasteiger partial charge in [0.2, 0.25) is 5.91 Å². The highest BCUT2D eigenvalue weighted by atomic mass is 16.5. The molecule has 3 N–H and O–H groups in total. The summed E-state index contributed by atoms with van der Waals surface area (Å²) in [6, 6.07) is 0.530. The van der Waals surface area contributed by atoms with E-state index in [9.17, 15) is 9.90 Å². The maximum absolute atomic E-state index is 11.5. The van der Waals surface area contributed by atoms with Crippen LogP contribution in [-0.4, -0.2) is 48.5 Å². The van der Waals surface area contributed by atoms with Crippen LogP contribution >= 0.6 is 0 Å². The number of rotatable bonds is 5. The van der Waals surface area contributed by atoms with E-state index in [1.165, 1.54) is 12.8 Å². The highest BCUT2D eigenvalue weighted by Crippen LogP contribution is 2.24. The lowest BCUT2D eigenvalue weighted by Crippen LogP contribution is -2.49. The fourth-order valence-electron chi connectivity index (χ4n) is 1.84. The van der Waals surface area contributed by atoms with Crippen LogP contribution < -0.4 is 10.6 Å². The molecule has 5 heteroatoms. The second kappa shape index (κ2) is 4.69. The minimum atomic E-state index is -0.894. The first-order valence-corrected chi connectivity index (χ1v) is 5.94. The summed E-state index contributed by atoms with van der Waals surface area (Å²) in [5.74, 6) is -0.0561. The smallest absolute Gasteiger partial charge is 0.234 e. The standard InChI is InChI=1S/C11H20N2O3/c1-8-11(15,4-5-16-8)7-13-10(14)6-12-9-2-3-9/h8-9,12,15H,2-7H2,1H3,(H,13,14). The molecule has 2 aliphatic rings. The minimum Gasteiger partial charge on any atom is -0.385 e. The number of ether oxygens (including phenoxy) is 1. The zero-order chi connectivity index (χ0) is 11.6. The molecule has 1 saturated carbocycles. The van der Waals surface area contributed by atoms with Crippen molar-refractivity contribution in [1.29, 1.82) is 0 Å². The SMILES string of the molecule is CC1OCCC1(O)CNC(=O)CNC1CC1. The van der Waals surface area contributed by atoms with Crippen molar-refractivity contribution in [2.45, 2.75) is 43.9 Å². The van der Waals surface area contributed by atoms with Gasteiger partial charge in [-0.15, -0.1) is 0 Å². The molecule has 0 radical (unpaired) electrons. The van der Waals surface area contributed by atoms with Gasteiger partial charge < -0.3 is 20.5 Å². The van der Waals surface area contributed by atoms with Gasteiger partial charge in [-0.3, -0.25) is 4.79 Å². The van der Waals surface area contributed by atoms with Gasteiger partial charge in [0.1, 0.15) is 5.60 Å². The lowest BCUT2D eigenvalue weighted by molar-refractivity contribution is -0.122. The average molecular weight is 228 g/mol. The van der Waals surface area contributed by atoms with Crippen molar-refractivity contribution in [3.05, 3.63) is 0 Å². The van der Waals surface area contributed by atoms with Gasteiger partial charge in [-0.25, -0.2) is 0 Å². The van der Waals surface area contributed by atoms with E-state index in [0.29, 0.717) is 25.6 Å². The molecule has 2 fully saturated rings. The molecule has 1 heterocycles. The number of hydrogen-bond acceptors (Lipinski definition) is 4. The Morgan fingerprint density at radius 2 is 2.31 bits per heavy atom. The zero-order valence-corrected chi connectivity index (χ0v) is 9.66. The molecule has 2 unspecified atom stereocenters. The lowest BCUT2D eigenvalue weighted by Gasteiger charge is -2.26. The van der Waals surface area contributed by atoms with Crippen molar-refractivity contribution in [3.63, 3.8) is 0 Å². The Morgan fingerprint density at radius 3 is 2.88 bits per heavy atom. The minimum absolute atomic E-state index is 0.0561. The van der Waals surface area contributed by atoms with E-state index in [2.05, 4.69) is 10.6 Å². The molecule has 0 aromatic heterocycles. The van der Waals surface area contributed by atoms with Crippen molar-refractivity contribution >= 4 is 5.91 Å². The van der Waals surface area contributed by atoms with Crippen LogP contribution in [0.25, 0.3) is 0 Å². The van der Waals surface area contributed by atoms with E-state index in [4.69, 9.17) is 4.74 Å². The second-order valence-electron chi connectivity index (χ2n) is 4.80. The largest absolute Gasteiger partial charge is 0.385 e. The van der Waals surface area contributed by atoms with Crippen molar-refractivity contribution in [2.24, 2.45) is 0 Å². The van der Waals surface area contributed by atoms with Crippen molar-refractivity contribution in [2.75, 3.05) is 19.7 Å². The first kappa shape index (κ1) is 11.8. The molecule has 1 aliphatic heterocycles. The number of carbonyl (C=O) groups is 1. The Bertz CT molecular complexity index is 268. The van der Waals surface area contributed by atoms with Gasteiger partial charge in [0.25, 0.3) is 0 Å². The molecule has 1 aliphatic carbocycles. The molecular formula is C11H20N2O3. The molecule has 1 saturated heterocycles. The molecule has 0 aromatic carbocycles. The van der Waals surface area contributed by atoms with E-state index in [0.717, 1.165) is 0 Å². The van der Waals surface area contributed by atoms with Crippen molar-refractivity contribution in [1.82, 2.24) is 10.6 Å². The van der Waals surface area contributed by atoms with Gasteiger partial charge >= 0.3 is 0 Å². The van der Waals surface area contributed by atoms with E-state index in [1.807, 2.05) is 6.92 Å². The summed E-state index contributed by atoms with van der Waals surface area (Å²) in [5.41, 5.74) is -0.894. The van der Waals surface area contributed by atoms with Crippen LogP contribution in [-0.2, 0) is 9.53 Å². The molecule has 16 heavy (non-hydrogen) atoms. The third kappa shape index (κ3) is 2.93. The quantitative estimate of drug-likeness (QED) is 0.587. The van der Waals surface area contributed by atoms with Crippen LogP contribution in [0.4, 0.5) is 0 Å². The molecule has 0 bridgehead atoms. The van der Waals surface area contributed by atoms with E-state index in [1.54, 1.807) is 0 Å². The van der Waals surface area contributed by atoms with Crippen LogP contribution in [0.2, 0.25) is 0 Å². The predicted molar refractivity (Wildman–Crippen MR) is 59.0 cm³/mol. The van der Waals surface area contributed by atoms with Gasteiger partial charge in [0.05, 0.1) is 12.6 Å². The van der Waals surface area contributed by atoms with Crippen LogP contribution in [0.5, 0.6) is 0 Å². The fourth-order valence-corrected chi connectivity index (χ4v) is 1.84. The third-order valence-electron chi connectivity index (χ3n) is 3.38. The van der Waals surface area contributed by atoms with Crippen LogP contribution in [0, 0.1) is 0 Å². The Balaban J connectivity index is 1.67. The molecule has 0 aromatic rings.